The van der Waals surface area contributed by atoms with E-state index in [2.05, 4.69) is 15.5 Å². The number of fused-ring (bicyclic) bond motifs is 1. The van der Waals surface area contributed by atoms with Gasteiger partial charge in [-0.2, -0.15) is 5.10 Å². The highest BCUT2D eigenvalue weighted by molar-refractivity contribution is 7.22. The second kappa shape index (κ2) is 6.05. The summed E-state index contributed by atoms with van der Waals surface area (Å²) in [5.41, 5.74) is 10.4. The van der Waals surface area contributed by atoms with Gasteiger partial charge in [0.1, 0.15) is 5.75 Å². The summed E-state index contributed by atoms with van der Waals surface area (Å²) < 4.78 is 1.07. The van der Waals surface area contributed by atoms with Gasteiger partial charge in [-0.15, -0.1) is 0 Å². The van der Waals surface area contributed by atoms with E-state index in [1.165, 1.54) is 23.5 Å². The minimum atomic E-state index is -0.684. The van der Waals surface area contributed by atoms with Crippen LogP contribution in [0.1, 0.15) is 22.8 Å². The number of phenols is 1. The van der Waals surface area contributed by atoms with Gasteiger partial charge in [-0.05, 0) is 42.8 Å². The van der Waals surface area contributed by atoms with Gasteiger partial charge in [-0.1, -0.05) is 23.5 Å². The molecule has 0 saturated heterocycles. The van der Waals surface area contributed by atoms with E-state index in [9.17, 15) is 9.90 Å². The molecular weight excluding hydrogens is 312 g/mol. The second-order valence-corrected chi connectivity index (χ2v) is 5.92. The highest BCUT2D eigenvalue weighted by Gasteiger charge is 2.10. The van der Waals surface area contributed by atoms with E-state index in [0.717, 1.165) is 10.2 Å². The van der Waals surface area contributed by atoms with Gasteiger partial charge in [0.25, 0.3) is 5.91 Å². The molecule has 0 aliphatic rings. The number of carbonyl (C=O) groups is 1. The van der Waals surface area contributed by atoms with E-state index < -0.39 is 5.91 Å². The van der Waals surface area contributed by atoms with Crippen molar-refractivity contribution in [2.24, 2.45) is 10.8 Å². The molecule has 0 atom stereocenters. The third kappa shape index (κ3) is 3.14. The predicted octanol–water partition coefficient (Wildman–Crippen LogP) is 2.94. The van der Waals surface area contributed by atoms with E-state index in [0.29, 0.717) is 16.4 Å². The zero-order valence-electron chi connectivity index (χ0n) is 12.3. The van der Waals surface area contributed by atoms with E-state index >= 15 is 0 Å². The van der Waals surface area contributed by atoms with Gasteiger partial charge in [0.2, 0.25) is 5.13 Å². The fourth-order valence-corrected chi connectivity index (χ4v) is 2.88. The molecule has 4 N–H and O–H groups in total. The molecule has 0 saturated carbocycles. The normalized spacial score (nSPS) is 11.6. The van der Waals surface area contributed by atoms with Crippen molar-refractivity contribution in [2.75, 3.05) is 5.43 Å². The second-order valence-electron chi connectivity index (χ2n) is 4.89. The standard InChI is InChI=1S/C16H14N4O2S/c1-9(10-6-7-13(21)11(8-10)15(17)22)19-20-16-18-12-4-2-3-5-14(12)23-16/h2-8,21H,1H3,(H2,17,22)(H,18,20). The number of amides is 1. The van der Waals surface area contributed by atoms with Crippen LogP contribution in [0.3, 0.4) is 0 Å². The van der Waals surface area contributed by atoms with Crippen LogP contribution in [0.5, 0.6) is 5.75 Å². The van der Waals surface area contributed by atoms with Crippen molar-refractivity contribution in [3.05, 3.63) is 53.6 Å². The number of nitrogens with one attached hydrogen (secondary N) is 1. The van der Waals surface area contributed by atoms with Crippen LogP contribution in [-0.2, 0) is 0 Å². The average Bonchev–Trinajstić information content (AvgIpc) is 2.95. The number of nitrogens with zero attached hydrogens (tertiary/aromatic N) is 2. The largest absolute Gasteiger partial charge is 0.507 e. The number of rotatable bonds is 4. The third-order valence-electron chi connectivity index (χ3n) is 3.29. The summed E-state index contributed by atoms with van der Waals surface area (Å²) in [6.45, 7) is 1.79. The molecule has 0 aliphatic carbocycles. The number of benzene rings is 2. The molecule has 1 amide bonds. The number of primary amides is 1. The molecule has 0 radical (unpaired) electrons. The number of thiazole rings is 1. The van der Waals surface area contributed by atoms with Gasteiger partial charge in [0, 0.05) is 0 Å². The molecule has 0 aliphatic heterocycles. The Hall–Kier alpha value is -2.93. The Kier molecular flexibility index (Phi) is 3.94. The summed E-state index contributed by atoms with van der Waals surface area (Å²) in [5, 5.41) is 14.6. The lowest BCUT2D eigenvalue weighted by atomic mass is 10.1. The molecule has 3 rings (SSSR count). The van der Waals surface area contributed by atoms with Crippen molar-refractivity contribution in [1.29, 1.82) is 0 Å². The number of hydrazone groups is 1. The zero-order valence-corrected chi connectivity index (χ0v) is 13.1. The van der Waals surface area contributed by atoms with E-state index in [1.54, 1.807) is 13.0 Å². The maximum absolute atomic E-state index is 11.3. The smallest absolute Gasteiger partial charge is 0.252 e. The van der Waals surface area contributed by atoms with Crippen LogP contribution in [0.4, 0.5) is 5.13 Å². The van der Waals surface area contributed by atoms with Gasteiger partial charge >= 0.3 is 0 Å². The minimum Gasteiger partial charge on any atom is -0.507 e. The molecule has 0 spiro atoms. The Morgan fingerprint density at radius 1 is 1.30 bits per heavy atom. The van der Waals surface area contributed by atoms with Crippen LogP contribution in [0, 0.1) is 0 Å². The van der Waals surface area contributed by atoms with Crippen LogP contribution in [0.25, 0.3) is 10.2 Å². The lowest BCUT2D eigenvalue weighted by Gasteiger charge is -2.05. The van der Waals surface area contributed by atoms with Crippen LogP contribution < -0.4 is 11.2 Å². The first-order valence-corrected chi connectivity index (χ1v) is 7.65. The van der Waals surface area contributed by atoms with Gasteiger partial charge in [0.15, 0.2) is 0 Å². The lowest BCUT2D eigenvalue weighted by Crippen LogP contribution is -2.12. The molecule has 0 unspecified atom stereocenters. The Labute approximate surface area is 136 Å². The van der Waals surface area contributed by atoms with Gasteiger partial charge in [0.05, 0.1) is 21.5 Å². The molecule has 6 nitrogen and oxygen atoms in total. The van der Waals surface area contributed by atoms with Crippen molar-refractivity contribution in [3.63, 3.8) is 0 Å². The van der Waals surface area contributed by atoms with E-state index in [-0.39, 0.29) is 11.3 Å². The minimum absolute atomic E-state index is 0.0667. The van der Waals surface area contributed by atoms with Crippen molar-refractivity contribution in [2.45, 2.75) is 6.92 Å². The summed E-state index contributed by atoms with van der Waals surface area (Å²) in [5.74, 6) is -0.829. The van der Waals surface area contributed by atoms with Crippen molar-refractivity contribution < 1.29 is 9.90 Å². The molecule has 116 valence electrons. The van der Waals surface area contributed by atoms with Crippen LogP contribution in [-0.4, -0.2) is 21.7 Å². The summed E-state index contributed by atoms with van der Waals surface area (Å²) >= 11 is 1.50. The number of hydrogen-bond acceptors (Lipinski definition) is 6. The molecule has 1 aromatic heterocycles. The van der Waals surface area contributed by atoms with Gasteiger partial charge in [-0.3, -0.25) is 10.2 Å². The van der Waals surface area contributed by atoms with Crippen LogP contribution >= 0.6 is 11.3 Å². The Balaban J connectivity index is 1.84. The third-order valence-corrected chi connectivity index (χ3v) is 4.23. The lowest BCUT2D eigenvalue weighted by molar-refractivity contribution is 0.0998. The zero-order chi connectivity index (χ0) is 16.4. The fraction of sp³-hybridized carbons (Fsp3) is 0.0625. The number of anilines is 1. The highest BCUT2D eigenvalue weighted by Crippen LogP contribution is 2.25. The number of aromatic nitrogens is 1. The number of para-hydroxylation sites is 1. The quantitative estimate of drug-likeness (QED) is 0.507. The Bertz CT molecular complexity index is 884. The SMILES string of the molecule is CC(=NNc1nc2ccccc2s1)c1ccc(O)c(C(N)=O)c1. The fourth-order valence-electron chi connectivity index (χ4n) is 2.07. The first-order valence-electron chi connectivity index (χ1n) is 6.83. The maximum atomic E-state index is 11.3. The molecule has 1 heterocycles. The monoisotopic (exact) mass is 326 g/mol. The number of nitrogens with two attached hydrogens (primary N) is 1. The molecule has 3 aromatic rings. The highest BCUT2D eigenvalue weighted by atomic mass is 32.1. The summed E-state index contributed by atoms with van der Waals surface area (Å²) in [7, 11) is 0. The van der Waals surface area contributed by atoms with Crippen molar-refractivity contribution >= 4 is 38.3 Å². The van der Waals surface area contributed by atoms with Crippen molar-refractivity contribution in [3.8, 4) is 5.75 Å². The molecular formula is C16H14N4O2S. The number of carbonyl (C=O) groups excluding carboxylic acids is 1. The number of aromatic hydroxyl groups is 1. The first-order chi connectivity index (χ1) is 11.0. The van der Waals surface area contributed by atoms with Crippen molar-refractivity contribution in [1.82, 2.24) is 4.98 Å². The van der Waals surface area contributed by atoms with E-state index in [1.807, 2.05) is 24.3 Å². The Morgan fingerprint density at radius 3 is 2.83 bits per heavy atom. The van der Waals surface area contributed by atoms with Crippen LogP contribution in [0.15, 0.2) is 47.6 Å². The van der Waals surface area contributed by atoms with Gasteiger partial charge < -0.3 is 10.8 Å². The Morgan fingerprint density at radius 2 is 2.09 bits per heavy atom. The first kappa shape index (κ1) is 15.0. The average molecular weight is 326 g/mol. The van der Waals surface area contributed by atoms with Crippen LogP contribution in [0.2, 0.25) is 0 Å². The summed E-state index contributed by atoms with van der Waals surface area (Å²) in [6, 6.07) is 12.4. The molecule has 7 heteroatoms. The molecule has 0 fully saturated rings. The molecule has 0 bridgehead atoms. The van der Waals surface area contributed by atoms with Gasteiger partial charge in [-0.25, -0.2) is 4.98 Å². The number of hydrogen-bond donors (Lipinski definition) is 3. The maximum Gasteiger partial charge on any atom is 0.252 e. The predicted molar refractivity (Wildman–Crippen MR) is 92.1 cm³/mol. The summed E-state index contributed by atoms with van der Waals surface area (Å²) in [4.78, 5) is 15.7. The summed E-state index contributed by atoms with van der Waals surface area (Å²) in [6.07, 6.45) is 0. The molecule has 23 heavy (non-hydrogen) atoms. The van der Waals surface area contributed by atoms with E-state index in [4.69, 9.17) is 5.73 Å². The topological polar surface area (TPSA) is 101 Å². The molecule has 2 aromatic carbocycles.